The molecule has 0 saturated heterocycles. The predicted molar refractivity (Wildman–Crippen MR) is 491 cm³/mol. The van der Waals surface area contributed by atoms with Crippen molar-refractivity contribution < 1.29 is 142 Å². The normalized spacial score (nSPS) is 15.5. The van der Waals surface area contributed by atoms with Gasteiger partial charge in [0.2, 0.25) is 41.4 Å². The highest BCUT2D eigenvalue weighted by molar-refractivity contribution is 6.21. The lowest BCUT2D eigenvalue weighted by molar-refractivity contribution is -0.143. The minimum atomic E-state index is -2.00. The van der Waals surface area contributed by atoms with E-state index < -0.39 is 315 Å². The zero-order chi connectivity index (χ0) is 102. The maximum Gasteiger partial charge on any atom is 0.304 e. The zero-order valence-corrected chi connectivity index (χ0v) is 78.4. The Morgan fingerprint density at radius 3 is 1.36 bits per heavy atom. The number of aliphatic hydroxyl groups excluding tert-OH is 4. The predicted octanol–water partition coefficient (Wildman–Crippen LogP) is 4.04. The molecule has 0 radical (unpaired) electrons. The summed E-state index contributed by atoms with van der Waals surface area (Å²) in [6.07, 6.45) is -10.4. The van der Waals surface area contributed by atoms with E-state index in [0.29, 0.717) is 36.9 Å². The summed E-state index contributed by atoms with van der Waals surface area (Å²) in [7, 11) is 0. The fourth-order valence-electron chi connectivity index (χ4n) is 15.8. The molecule has 16 atom stereocenters. The first kappa shape index (κ1) is 114. The van der Waals surface area contributed by atoms with E-state index in [1.165, 1.54) is 74.5 Å². The summed E-state index contributed by atoms with van der Waals surface area (Å²) in [5.74, 6) is -31.6. The number of fused-ring (bicyclic) bond motifs is 1. The molecular formula is C98H133N9O29. The number of imide groups is 1. The van der Waals surface area contributed by atoms with Crippen LogP contribution in [-0.4, -0.2) is 250 Å². The van der Waals surface area contributed by atoms with Gasteiger partial charge in [-0.1, -0.05) is 107 Å². The molecule has 0 spiro atoms. The Labute approximate surface area is 789 Å². The summed E-state index contributed by atoms with van der Waals surface area (Å²) in [5, 5.41) is 111. The van der Waals surface area contributed by atoms with Gasteiger partial charge in [-0.3, -0.25) is 101 Å². The Hall–Kier alpha value is -12.5. The molecule has 5 rings (SSSR count). The van der Waals surface area contributed by atoms with Crippen molar-refractivity contribution in [2.45, 2.75) is 252 Å². The van der Waals surface area contributed by atoms with Gasteiger partial charge in [0.1, 0.15) is 29.1 Å². The van der Waals surface area contributed by atoms with Crippen molar-refractivity contribution >= 4 is 117 Å². The van der Waals surface area contributed by atoms with Crippen molar-refractivity contribution in [2.75, 3.05) is 32.8 Å². The summed E-state index contributed by atoms with van der Waals surface area (Å²) in [4.78, 5) is 277. The fraction of sp³-hybridized carbons (Fsp3) is 0.551. The molecule has 0 aromatic heterocycles. The molecule has 0 saturated carbocycles. The number of carbonyl (C=O) groups excluding carboxylic acids is 17. The van der Waals surface area contributed by atoms with Gasteiger partial charge in [0.05, 0.1) is 115 Å². The van der Waals surface area contributed by atoms with Crippen LogP contribution in [0.5, 0.6) is 11.5 Å². The Morgan fingerprint density at radius 1 is 0.412 bits per heavy atom. The number of benzene rings is 4. The van der Waals surface area contributed by atoms with E-state index in [1.54, 1.807) is 77.1 Å². The lowest BCUT2D eigenvalue weighted by atomic mass is 9.77. The van der Waals surface area contributed by atoms with Crippen molar-refractivity contribution in [3.05, 3.63) is 131 Å². The third-order valence-electron chi connectivity index (χ3n) is 24.4. The second-order valence-electron chi connectivity index (χ2n) is 36.3. The highest BCUT2D eigenvalue weighted by Crippen LogP contribution is 2.31. The van der Waals surface area contributed by atoms with Crippen molar-refractivity contribution in [1.29, 1.82) is 0 Å². The van der Waals surface area contributed by atoms with Crippen LogP contribution in [0.1, 0.15) is 222 Å². The van der Waals surface area contributed by atoms with Crippen molar-refractivity contribution in [2.24, 2.45) is 64.4 Å². The maximum atomic E-state index is 14.9. The SMILES string of the molecule is CC[C@H](C)[C@H](NC(=O)[C@H](CO)CC(=O)[C@H](Cc1ccc(O)cc1)NC(=O)[C@H](CC(=O)O)CC(=O)[C@H](CO)NC(=O)[C@@H](CC(=O)[C@H](Cc1ccccc1)NC(=O)[C@@H](CC(=O)CNC(=O)[C@H](CCC(=O)O)CC(=O)C(C)(C)C(=O)CCCCN1C(=O)c2ccccc2C1=O)[C@@H](C)O)[C@@H](C)O)C(=O)C[C@@H](Cc1ccc(O)cc1)C(=O)N[C@@H](CC(C)C)C(=O)C[C@@H](CC(=O)O)C(=O)N[C@H](C)CCCCN. The number of carboxylic acids is 3. The standard InChI is InChI=1S/C98H133N9O29/c1-10-55(4)88(82(119)44-63(39-60-26-31-67(112)32-27-60)91(130)102-74(38-54(2)3)78(115)42-64(47-86(124)125)90(129)101-56(5)20-16-18-36-99)106-93(132)66(52-108)45-79(116)75(41-61-28-33-68(113)34-29-61)103-92(131)65(48-87(126)127)43-80(117)77(53-109)105-95(134)73(58(7)111)50-81(118)76(40-59-21-12-11-13-22-59)104-94(133)72(57(6)110)49-69(114)51-100-89(128)62(30-35-85(122)123)46-84(121)98(8,9)83(120)25-17-19-37-107-96(135)70-23-14-15-24-71(70)97(107)136/h11-15,21-24,26-29,31-34,54-58,62-66,72-77,88,108-113H,10,16-20,25,30,35-53,99H2,1-9H3,(H,100,128)(H,101,129)(H,102,130)(H,103,131)(H,104,133)(H,105,134)(H,106,132)(H,122,123)(H,124,125)(H,126,127)/t55-,56+,57+,58+,62+,63+,64-,65-,66-,72-,73-,74-,75-,76-,77-,88-/m0/s1. The molecule has 4 aromatic carbocycles. The van der Waals surface area contributed by atoms with E-state index in [9.17, 15) is 142 Å². The van der Waals surface area contributed by atoms with E-state index in [0.717, 1.165) is 18.7 Å². The van der Waals surface area contributed by atoms with Crippen LogP contribution in [0.3, 0.4) is 0 Å². The van der Waals surface area contributed by atoms with Gasteiger partial charge in [-0.2, -0.15) is 0 Å². The molecule has 1 aliphatic rings. The van der Waals surface area contributed by atoms with Gasteiger partial charge in [-0.05, 0) is 164 Å². The Kier molecular flexibility index (Phi) is 47.0. The van der Waals surface area contributed by atoms with Crippen LogP contribution in [0.25, 0.3) is 0 Å². The largest absolute Gasteiger partial charge is 0.508 e. The Morgan fingerprint density at radius 2 is 0.860 bits per heavy atom. The van der Waals surface area contributed by atoms with Gasteiger partial charge < -0.3 is 88.9 Å². The number of hydrogen-bond acceptors (Lipinski definition) is 27. The lowest BCUT2D eigenvalue weighted by Crippen LogP contribution is -2.52. The average molecular weight is 1900 g/mol. The number of Topliss-reactive ketones (excluding diaryl/α,β-unsaturated/α-hetero) is 8. The molecule has 0 aliphatic carbocycles. The smallest absolute Gasteiger partial charge is 0.304 e. The quantitative estimate of drug-likeness (QED) is 0.0168. The zero-order valence-electron chi connectivity index (χ0n) is 78.4. The summed E-state index contributed by atoms with van der Waals surface area (Å²) in [5.41, 5.74) is 5.55. The minimum absolute atomic E-state index is 0.0000612. The van der Waals surface area contributed by atoms with Gasteiger partial charge in [0.15, 0.2) is 34.7 Å². The van der Waals surface area contributed by atoms with E-state index in [-0.39, 0.29) is 85.6 Å². The third-order valence-corrected chi connectivity index (χ3v) is 24.4. The van der Waals surface area contributed by atoms with Crippen LogP contribution in [0.4, 0.5) is 0 Å². The number of carbonyl (C=O) groups is 20. The first-order valence-corrected chi connectivity index (χ1v) is 45.9. The third kappa shape index (κ3) is 36.9. The number of nitrogens with one attached hydrogen (secondary N) is 7. The summed E-state index contributed by atoms with van der Waals surface area (Å²) in [6.45, 7) is 10.7. The van der Waals surface area contributed by atoms with Crippen molar-refractivity contribution in [3.8, 4) is 11.5 Å². The molecule has 18 N–H and O–H groups in total. The molecular weight excluding hydrogens is 1770 g/mol. The molecule has 38 heteroatoms. The second-order valence-corrected chi connectivity index (χ2v) is 36.3. The Bertz CT molecular complexity index is 4810. The molecule has 4 aromatic rings. The topological polar surface area (TPSA) is 637 Å². The number of amides is 9. The van der Waals surface area contributed by atoms with Gasteiger partial charge in [0.25, 0.3) is 11.8 Å². The number of nitrogens with two attached hydrogens (primary N) is 1. The number of hydrogen-bond donors (Lipinski definition) is 17. The number of rotatable bonds is 66. The van der Waals surface area contributed by atoms with E-state index in [2.05, 4.69) is 37.2 Å². The monoisotopic (exact) mass is 1900 g/mol. The summed E-state index contributed by atoms with van der Waals surface area (Å²) < 4.78 is 0. The molecule has 38 nitrogen and oxygen atoms in total. The average Bonchev–Trinajstić information content (AvgIpc) is 1.63. The van der Waals surface area contributed by atoms with Gasteiger partial charge in [-0.25, -0.2) is 0 Å². The molecule has 0 bridgehead atoms. The number of ketones is 8. The first-order valence-electron chi connectivity index (χ1n) is 45.9. The molecule has 0 unspecified atom stereocenters. The fourth-order valence-corrected chi connectivity index (χ4v) is 15.8. The van der Waals surface area contributed by atoms with Crippen LogP contribution in [0.2, 0.25) is 0 Å². The van der Waals surface area contributed by atoms with Gasteiger partial charge in [0, 0.05) is 82.2 Å². The number of nitrogens with zero attached hydrogens (tertiary/aromatic N) is 1. The van der Waals surface area contributed by atoms with Crippen LogP contribution < -0.4 is 43.0 Å². The van der Waals surface area contributed by atoms with Crippen LogP contribution >= 0.6 is 0 Å². The number of aliphatic carboxylic acids is 3. The number of phenols is 2. The number of carboxylic acid groups (broad SMARTS) is 3. The molecule has 136 heavy (non-hydrogen) atoms. The minimum Gasteiger partial charge on any atom is -0.508 e. The first-order chi connectivity index (χ1) is 64.1. The summed E-state index contributed by atoms with van der Waals surface area (Å²) in [6, 6.07) is 16.6. The van der Waals surface area contributed by atoms with Crippen molar-refractivity contribution in [1.82, 2.24) is 42.1 Å². The highest BCUT2D eigenvalue weighted by atomic mass is 16.4. The number of unbranched alkanes of at least 4 members (excludes halogenated alkanes) is 2. The van der Waals surface area contributed by atoms with Crippen LogP contribution in [0, 0.1) is 58.7 Å². The van der Waals surface area contributed by atoms with Crippen LogP contribution in [0.15, 0.2) is 103 Å². The van der Waals surface area contributed by atoms with Gasteiger partial charge >= 0.3 is 17.9 Å². The molecule has 744 valence electrons. The number of aromatic hydroxyl groups is 2. The highest BCUT2D eigenvalue weighted by Gasteiger charge is 2.43. The van der Waals surface area contributed by atoms with E-state index in [4.69, 9.17) is 5.73 Å². The summed E-state index contributed by atoms with van der Waals surface area (Å²) >= 11 is 0. The molecule has 0 fully saturated rings. The Balaban J connectivity index is 1.30. The van der Waals surface area contributed by atoms with E-state index in [1.807, 2.05) is 0 Å². The number of phenolic OH excluding ortho intramolecular Hbond substituents is 2. The molecule has 1 aliphatic heterocycles. The van der Waals surface area contributed by atoms with E-state index >= 15 is 0 Å². The molecule has 1 heterocycles. The van der Waals surface area contributed by atoms with Crippen molar-refractivity contribution in [3.63, 3.8) is 0 Å². The van der Waals surface area contributed by atoms with Crippen LogP contribution in [-0.2, 0) is 106 Å². The number of aliphatic hydroxyl groups is 4. The lowest BCUT2D eigenvalue weighted by Gasteiger charge is -2.28. The second kappa shape index (κ2) is 56.1. The molecule has 9 amide bonds. The maximum absolute atomic E-state index is 14.9. The van der Waals surface area contributed by atoms with Gasteiger partial charge in [-0.15, -0.1) is 0 Å².